The van der Waals surface area contributed by atoms with E-state index in [1.807, 2.05) is 158 Å². The number of nitrogens with zero attached hydrogens (tertiary/aromatic N) is 2. The van der Waals surface area contributed by atoms with E-state index in [1.54, 1.807) is 23.0 Å². The molecule has 14 heteroatoms. The molecule has 14 rings (SSSR count). The summed E-state index contributed by atoms with van der Waals surface area (Å²) in [4.78, 5) is 70.0. The number of H-pyrrole nitrogens is 4. The number of nitrogens with one attached hydrogen (secondary N) is 4. The quantitative estimate of drug-likeness (QED) is 0.0638. The highest BCUT2D eigenvalue weighted by molar-refractivity contribution is 6.20. The zero-order valence-electron chi connectivity index (χ0n) is 42.7. The van der Waals surface area contributed by atoms with Gasteiger partial charge in [-0.05, 0) is 93.7 Å². The number of carbonyl (C=O) groups excluding carboxylic acids is 4. The molecule has 8 aromatic carbocycles. The number of amides is 2. The van der Waals surface area contributed by atoms with Crippen molar-refractivity contribution in [1.29, 1.82) is 0 Å². The van der Waals surface area contributed by atoms with Crippen molar-refractivity contribution in [2.75, 3.05) is 41.8 Å². The maximum absolute atomic E-state index is 13.9. The van der Waals surface area contributed by atoms with E-state index >= 15 is 0 Å². The van der Waals surface area contributed by atoms with Crippen molar-refractivity contribution < 1.29 is 29.0 Å². The summed E-state index contributed by atoms with van der Waals surface area (Å²) < 4.78 is 5.69. The molecule has 2 aliphatic heterocycles. The number of alkyl halides is 2. The highest BCUT2D eigenvalue weighted by atomic mass is 35.5. The minimum Gasteiger partial charge on any atom is -0.507 e. The van der Waals surface area contributed by atoms with Crippen molar-refractivity contribution in [3.63, 3.8) is 0 Å². The van der Waals surface area contributed by atoms with E-state index in [9.17, 15) is 24.3 Å². The molecule has 0 radical (unpaired) electrons. The Kier molecular flexibility index (Phi) is 12.5. The summed E-state index contributed by atoms with van der Waals surface area (Å²) in [5.41, 5.74) is 11.0. The molecule has 4 aromatic heterocycles. The molecular formula is C65H50Cl2N6O6. The number of aromatic hydroxyl groups is 1. The van der Waals surface area contributed by atoms with Crippen LogP contribution in [0.15, 0.2) is 170 Å². The summed E-state index contributed by atoms with van der Waals surface area (Å²) in [7, 11) is 1.65. The molecule has 0 aliphatic carbocycles. The SMILES string of the molecule is COc1cc2c(c3ccccc13)[C@H](CCl)CN2C(=O)c1cc2cc(CC(=O)c3cc4ccccc4[nH]3)ccc2[nH]1.O=C(Cc1ccc2[nH]c(C(=O)N3C[C@@H](CCl)c4c3cc(O)c3ccccc43)cc2c1)c1cc2ccccc2[nH]1. The van der Waals surface area contributed by atoms with Gasteiger partial charge in [-0.1, -0.05) is 97.1 Å². The number of ether oxygens (including phenoxy) is 1. The third-order valence-electron chi connectivity index (χ3n) is 15.6. The van der Waals surface area contributed by atoms with E-state index in [0.29, 0.717) is 53.3 Å². The highest BCUT2D eigenvalue weighted by Crippen LogP contribution is 2.47. The van der Waals surface area contributed by atoms with Gasteiger partial charge in [0.05, 0.1) is 29.9 Å². The van der Waals surface area contributed by atoms with Gasteiger partial charge in [-0.15, -0.1) is 23.2 Å². The van der Waals surface area contributed by atoms with Crippen molar-refractivity contribution in [2.45, 2.75) is 24.7 Å². The number of halogens is 2. The van der Waals surface area contributed by atoms with Crippen LogP contribution in [0, 0.1) is 0 Å². The minimum absolute atomic E-state index is 0.00482. The standard InChI is InChI=1S/C33H26ClN3O3.C32H24ClN3O3/c1-40-31-16-29-32(24-8-4-3-7-23(24)31)22(17-34)18-37(29)33(39)28-15-21-12-19(10-11-26(21)36-28)13-30(38)27-14-20-6-2-5-9-25(20)35-27;33-16-21-17-36(28-15-29(37)22-6-2-3-7-23(22)31(21)28)32(39)27-14-20-11-18(9-10-25(20)35-27)12-30(38)26-13-19-5-1-4-8-24(19)34-26/h2-12,14-16,22,35-36H,13,17-18H2,1H3;1-11,13-15,21,34-35,37H,12,16-17H2/t22-;21-/m11/s1. The van der Waals surface area contributed by atoms with Crippen LogP contribution in [-0.2, 0) is 12.8 Å². The molecule has 2 atom stereocenters. The third-order valence-corrected chi connectivity index (χ3v) is 16.3. The Labute approximate surface area is 462 Å². The molecule has 79 heavy (non-hydrogen) atoms. The predicted molar refractivity (Wildman–Crippen MR) is 316 cm³/mol. The smallest absolute Gasteiger partial charge is 0.274 e. The van der Waals surface area contributed by atoms with Gasteiger partial charge in [-0.3, -0.25) is 19.2 Å². The first-order chi connectivity index (χ1) is 38.5. The lowest BCUT2D eigenvalue weighted by Gasteiger charge is -2.18. The number of anilines is 2. The topological polar surface area (TPSA) is 167 Å². The van der Waals surface area contributed by atoms with E-state index in [1.165, 1.54) is 0 Å². The Hall–Kier alpha value is -9.10. The number of fused-ring (bicyclic) bond motifs is 10. The lowest BCUT2D eigenvalue weighted by atomic mass is 9.95. The van der Waals surface area contributed by atoms with Gasteiger partial charge in [-0.25, -0.2) is 0 Å². The molecule has 0 fully saturated rings. The number of carbonyl (C=O) groups is 4. The number of phenols is 1. The molecule has 0 spiro atoms. The number of methoxy groups -OCH3 is 1. The van der Waals surface area contributed by atoms with Gasteiger partial charge in [0.15, 0.2) is 11.6 Å². The Morgan fingerprint density at radius 3 is 1.37 bits per heavy atom. The van der Waals surface area contributed by atoms with Gasteiger partial charge in [-0.2, -0.15) is 0 Å². The van der Waals surface area contributed by atoms with Crippen molar-refractivity contribution in [1.82, 2.24) is 19.9 Å². The summed E-state index contributed by atoms with van der Waals surface area (Å²) in [6.45, 7) is 0.930. The Bertz CT molecular complexity index is 4390. The second-order valence-electron chi connectivity index (χ2n) is 20.4. The molecule has 390 valence electrons. The van der Waals surface area contributed by atoms with Gasteiger partial charge in [0.2, 0.25) is 0 Å². The maximum atomic E-state index is 13.9. The summed E-state index contributed by atoms with van der Waals surface area (Å²) in [6.07, 6.45) is 0.515. The second-order valence-corrected chi connectivity index (χ2v) is 21.0. The van der Waals surface area contributed by atoms with E-state index in [0.717, 1.165) is 98.8 Å². The van der Waals surface area contributed by atoms with Crippen LogP contribution in [0.25, 0.3) is 65.2 Å². The lowest BCUT2D eigenvalue weighted by molar-refractivity contribution is 0.0977. The highest BCUT2D eigenvalue weighted by Gasteiger charge is 2.37. The number of phenolic OH excluding ortho intramolecular Hbond substituents is 1. The van der Waals surface area contributed by atoms with E-state index < -0.39 is 0 Å². The van der Waals surface area contributed by atoms with Gasteiger partial charge >= 0.3 is 0 Å². The van der Waals surface area contributed by atoms with E-state index in [2.05, 4.69) is 26.0 Å². The second kappa shape index (κ2) is 20.0. The molecule has 0 unspecified atom stereocenters. The first kappa shape index (κ1) is 49.5. The number of rotatable bonds is 11. The molecule has 0 saturated carbocycles. The molecule has 0 bridgehead atoms. The third kappa shape index (κ3) is 8.83. The summed E-state index contributed by atoms with van der Waals surface area (Å²) in [5, 5.41) is 18.2. The molecule has 0 saturated heterocycles. The predicted octanol–water partition coefficient (Wildman–Crippen LogP) is 14.1. The monoisotopic (exact) mass is 1080 g/mol. The van der Waals surface area contributed by atoms with Crippen molar-refractivity contribution in [2.24, 2.45) is 0 Å². The molecule has 12 aromatic rings. The van der Waals surface area contributed by atoms with Gasteiger partial charge < -0.3 is 39.6 Å². The summed E-state index contributed by atoms with van der Waals surface area (Å²) in [5.74, 6) is 1.32. The molecular weight excluding hydrogens is 1030 g/mol. The fraction of sp³-hybridized carbons (Fsp3) is 0.138. The Morgan fingerprint density at radius 2 is 0.886 bits per heavy atom. The van der Waals surface area contributed by atoms with Crippen molar-refractivity contribution in [3.8, 4) is 11.5 Å². The number of ketones is 2. The lowest BCUT2D eigenvalue weighted by Crippen LogP contribution is -2.30. The largest absolute Gasteiger partial charge is 0.507 e. The van der Waals surface area contributed by atoms with Crippen molar-refractivity contribution >= 4 is 123 Å². The number of para-hydroxylation sites is 2. The maximum Gasteiger partial charge on any atom is 0.274 e. The zero-order chi connectivity index (χ0) is 54.1. The van der Waals surface area contributed by atoms with Crippen LogP contribution in [0.2, 0.25) is 0 Å². The van der Waals surface area contributed by atoms with Crippen LogP contribution in [-0.4, -0.2) is 80.4 Å². The number of Topliss-reactive ketones (excluding diaryl/α,β-unsaturated/α-hetero) is 2. The number of aromatic amines is 4. The van der Waals surface area contributed by atoms with Gasteiger partial charge in [0, 0.05) is 116 Å². The van der Waals surface area contributed by atoms with Gasteiger partial charge in [0.1, 0.15) is 22.9 Å². The Morgan fingerprint density at radius 1 is 0.481 bits per heavy atom. The summed E-state index contributed by atoms with van der Waals surface area (Å²) in [6, 6.07) is 54.0. The van der Waals surface area contributed by atoms with Crippen LogP contribution >= 0.6 is 23.2 Å². The summed E-state index contributed by atoms with van der Waals surface area (Å²) >= 11 is 12.8. The van der Waals surface area contributed by atoms with Gasteiger partial charge in [0.25, 0.3) is 11.8 Å². The number of hydrogen-bond acceptors (Lipinski definition) is 6. The molecule has 6 heterocycles. The van der Waals surface area contributed by atoms with Crippen LogP contribution in [0.3, 0.4) is 0 Å². The average molecular weight is 1080 g/mol. The fourth-order valence-corrected chi connectivity index (χ4v) is 12.3. The van der Waals surface area contributed by atoms with Crippen LogP contribution in [0.5, 0.6) is 11.5 Å². The Balaban J connectivity index is 0.000000150. The number of aromatic nitrogens is 4. The average Bonchev–Trinajstić information content (AvgIpc) is 4.56. The van der Waals surface area contributed by atoms with E-state index in [4.69, 9.17) is 27.9 Å². The molecule has 5 N–H and O–H groups in total. The number of benzene rings is 8. The van der Waals surface area contributed by atoms with Crippen LogP contribution in [0.1, 0.15) is 76.0 Å². The van der Waals surface area contributed by atoms with E-state index in [-0.39, 0.29) is 53.8 Å². The normalized spacial score (nSPS) is 14.8. The minimum atomic E-state index is -0.189. The fourth-order valence-electron chi connectivity index (χ4n) is 11.8. The first-order valence-corrected chi connectivity index (χ1v) is 27.2. The molecule has 2 amide bonds. The number of hydrogen-bond donors (Lipinski definition) is 5. The molecule has 12 nitrogen and oxygen atoms in total. The van der Waals surface area contributed by atoms with Crippen LogP contribution in [0.4, 0.5) is 11.4 Å². The molecule has 2 aliphatic rings. The van der Waals surface area contributed by atoms with Crippen LogP contribution < -0.4 is 14.5 Å². The first-order valence-electron chi connectivity index (χ1n) is 26.1. The zero-order valence-corrected chi connectivity index (χ0v) is 44.2. The van der Waals surface area contributed by atoms with Crippen molar-refractivity contribution in [3.05, 3.63) is 215 Å².